The SMILES string of the molecule is O=C(CC[N+](=O)[O-])N1CCC(c2ccc(N(C(=O)C3CNC3)c3cccnn3)cc2)CC1. The predicted octanol–water partition coefficient (Wildman–Crippen LogP) is 1.73. The number of benzene rings is 1. The summed E-state index contributed by atoms with van der Waals surface area (Å²) in [6.45, 7) is 2.20. The lowest BCUT2D eigenvalue weighted by Gasteiger charge is -2.33. The van der Waals surface area contributed by atoms with Gasteiger partial charge in [-0.2, -0.15) is 5.10 Å². The highest BCUT2D eigenvalue weighted by atomic mass is 16.6. The number of carbonyl (C=O) groups is 2. The van der Waals surface area contributed by atoms with Gasteiger partial charge < -0.3 is 10.2 Å². The molecular weight excluding hydrogens is 412 g/mol. The van der Waals surface area contributed by atoms with Crippen molar-refractivity contribution in [2.75, 3.05) is 37.6 Å². The zero-order chi connectivity index (χ0) is 22.5. The van der Waals surface area contributed by atoms with Gasteiger partial charge in [0, 0.05) is 37.3 Å². The van der Waals surface area contributed by atoms with Crippen molar-refractivity contribution < 1.29 is 14.5 Å². The second-order valence-electron chi connectivity index (χ2n) is 8.16. The minimum atomic E-state index is -0.456. The summed E-state index contributed by atoms with van der Waals surface area (Å²) in [6, 6.07) is 11.5. The van der Waals surface area contributed by atoms with Crippen LogP contribution in [-0.4, -0.2) is 64.6 Å². The molecule has 2 fully saturated rings. The monoisotopic (exact) mass is 438 g/mol. The fraction of sp³-hybridized carbons (Fsp3) is 0.455. The molecule has 1 aromatic carbocycles. The first kappa shape index (κ1) is 21.8. The number of likely N-dealkylation sites (tertiary alicyclic amines) is 1. The third-order valence-corrected chi connectivity index (χ3v) is 6.12. The number of carbonyl (C=O) groups excluding carboxylic acids is 2. The molecule has 2 saturated heterocycles. The normalized spacial score (nSPS) is 16.9. The Bertz CT molecular complexity index is 956. The van der Waals surface area contributed by atoms with E-state index >= 15 is 0 Å². The zero-order valence-electron chi connectivity index (χ0n) is 17.7. The Morgan fingerprint density at radius 2 is 1.88 bits per heavy atom. The molecule has 10 nitrogen and oxygen atoms in total. The largest absolute Gasteiger partial charge is 0.342 e. The average molecular weight is 438 g/mol. The molecule has 32 heavy (non-hydrogen) atoms. The van der Waals surface area contributed by atoms with Crippen LogP contribution >= 0.6 is 0 Å². The van der Waals surface area contributed by atoms with Gasteiger partial charge >= 0.3 is 0 Å². The molecule has 2 aliphatic rings. The molecule has 3 heterocycles. The summed E-state index contributed by atoms with van der Waals surface area (Å²) in [4.78, 5) is 38.5. The third kappa shape index (κ3) is 4.91. The molecule has 0 radical (unpaired) electrons. The Morgan fingerprint density at radius 3 is 2.44 bits per heavy atom. The van der Waals surface area contributed by atoms with Gasteiger partial charge in [0.2, 0.25) is 18.4 Å². The maximum atomic E-state index is 13.0. The maximum Gasteiger partial charge on any atom is 0.238 e. The van der Waals surface area contributed by atoms with Crippen LogP contribution in [0.3, 0.4) is 0 Å². The van der Waals surface area contributed by atoms with Crippen molar-refractivity contribution >= 4 is 23.3 Å². The van der Waals surface area contributed by atoms with E-state index in [0.29, 0.717) is 37.9 Å². The number of amides is 2. The van der Waals surface area contributed by atoms with Crippen LogP contribution in [0.15, 0.2) is 42.6 Å². The smallest absolute Gasteiger partial charge is 0.238 e. The summed E-state index contributed by atoms with van der Waals surface area (Å²) >= 11 is 0. The first-order valence-electron chi connectivity index (χ1n) is 10.8. The van der Waals surface area contributed by atoms with E-state index in [-0.39, 0.29) is 30.7 Å². The Kier molecular flexibility index (Phi) is 6.69. The summed E-state index contributed by atoms with van der Waals surface area (Å²) in [6.07, 6.45) is 3.15. The molecule has 1 aromatic heterocycles. The van der Waals surface area contributed by atoms with E-state index < -0.39 is 4.92 Å². The Balaban J connectivity index is 1.42. The van der Waals surface area contributed by atoms with Crippen molar-refractivity contribution in [3.63, 3.8) is 0 Å². The fourth-order valence-electron chi connectivity index (χ4n) is 4.13. The number of nitrogens with one attached hydrogen (secondary N) is 1. The molecule has 0 saturated carbocycles. The number of aromatic nitrogens is 2. The molecule has 0 unspecified atom stereocenters. The predicted molar refractivity (Wildman–Crippen MR) is 117 cm³/mol. The second kappa shape index (κ2) is 9.82. The van der Waals surface area contributed by atoms with E-state index in [0.717, 1.165) is 24.1 Å². The summed E-state index contributed by atoms with van der Waals surface area (Å²) in [5, 5.41) is 21.7. The average Bonchev–Trinajstić information content (AvgIpc) is 2.78. The first-order chi connectivity index (χ1) is 15.5. The number of rotatable bonds is 7. The van der Waals surface area contributed by atoms with E-state index in [1.54, 1.807) is 28.1 Å². The van der Waals surface area contributed by atoms with Crippen LogP contribution in [0.1, 0.15) is 30.7 Å². The van der Waals surface area contributed by atoms with Gasteiger partial charge in [-0.25, -0.2) is 0 Å². The number of hydrogen-bond donors (Lipinski definition) is 1. The number of hydrogen-bond acceptors (Lipinski definition) is 7. The van der Waals surface area contributed by atoms with Gasteiger partial charge in [0.25, 0.3) is 0 Å². The minimum Gasteiger partial charge on any atom is -0.342 e. The molecule has 0 spiro atoms. The zero-order valence-corrected chi connectivity index (χ0v) is 17.7. The number of nitrogens with zero attached hydrogens (tertiary/aromatic N) is 5. The standard InChI is InChI=1S/C22H26N6O4/c29-21(9-13-27(31)32)26-11-7-17(8-12-26)16-3-5-19(6-4-16)28(20-2-1-10-24-25-20)22(30)18-14-23-15-18/h1-6,10,17-18,23H,7-9,11-15H2. The lowest BCUT2D eigenvalue weighted by molar-refractivity contribution is -0.478. The van der Waals surface area contributed by atoms with Crippen LogP contribution in [-0.2, 0) is 9.59 Å². The summed E-state index contributed by atoms with van der Waals surface area (Å²) < 4.78 is 0. The summed E-state index contributed by atoms with van der Waals surface area (Å²) in [5.41, 5.74) is 1.90. The topological polar surface area (TPSA) is 122 Å². The third-order valence-electron chi connectivity index (χ3n) is 6.12. The number of nitro groups is 1. The molecule has 2 aromatic rings. The van der Waals surface area contributed by atoms with E-state index in [2.05, 4.69) is 15.5 Å². The summed E-state index contributed by atoms with van der Waals surface area (Å²) in [5.74, 6) is 0.574. The van der Waals surface area contributed by atoms with Crippen molar-refractivity contribution in [2.45, 2.75) is 25.2 Å². The highest BCUT2D eigenvalue weighted by Gasteiger charge is 2.32. The molecule has 0 aliphatic carbocycles. The maximum absolute atomic E-state index is 13.0. The number of anilines is 2. The lowest BCUT2D eigenvalue weighted by Crippen LogP contribution is -2.51. The molecule has 10 heteroatoms. The van der Waals surface area contributed by atoms with Gasteiger partial charge in [0.1, 0.15) is 0 Å². The van der Waals surface area contributed by atoms with Gasteiger partial charge in [-0.1, -0.05) is 12.1 Å². The Morgan fingerprint density at radius 1 is 1.16 bits per heavy atom. The van der Waals surface area contributed by atoms with Gasteiger partial charge in [-0.05, 0) is 48.6 Å². The van der Waals surface area contributed by atoms with E-state index in [4.69, 9.17) is 0 Å². The quantitative estimate of drug-likeness (QED) is 0.516. The molecule has 2 aliphatic heterocycles. The highest BCUT2D eigenvalue weighted by molar-refractivity contribution is 6.01. The van der Waals surface area contributed by atoms with Crippen molar-refractivity contribution in [1.29, 1.82) is 0 Å². The van der Waals surface area contributed by atoms with Crippen LogP contribution in [0.4, 0.5) is 11.5 Å². The number of piperidine rings is 1. The Labute approximate surface area is 185 Å². The van der Waals surface area contributed by atoms with E-state index in [1.165, 1.54) is 0 Å². The van der Waals surface area contributed by atoms with Crippen LogP contribution < -0.4 is 10.2 Å². The first-order valence-corrected chi connectivity index (χ1v) is 10.8. The van der Waals surface area contributed by atoms with E-state index in [9.17, 15) is 19.7 Å². The van der Waals surface area contributed by atoms with Crippen LogP contribution in [0, 0.1) is 16.0 Å². The van der Waals surface area contributed by atoms with Gasteiger partial charge in [-0.3, -0.25) is 24.6 Å². The molecule has 168 valence electrons. The van der Waals surface area contributed by atoms with Gasteiger partial charge in [0.15, 0.2) is 5.82 Å². The second-order valence-corrected chi connectivity index (χ2v) is 8.16. The molecule has 4 rings (SSSR count). The lowest BCUT2D eigenvalue weighted by atomic mass is 9.89. The van der Waals surface area contributed by atoms with Crippen LogP contribution in [0.25, 0.3) is 0 Å². The molecule has 0 atom stereocenters. The fourth-order valence-corrected chi connectivity index (χ4v) is 4.13. The van der Waals surface area contributed by atoms with Gasteiger partial charge in [-0.15, -0.1) is 5.10 Å². The highest BCUT2D eigenvalue weighted by Crippen LogP contribution is 2.32. The van der Waals surface area contributed by atoms with E-state index in [1.807, 2.05) is 24.3 Å². The molecular formula is C22H26N6O4. The van der Waals surface area contributed by atoms with Crippen molar-refractivity contribution in [3.8, 4) is 0 Å². The van der Waals surface area contributed by atoms with Crippen LogP contribution in [0.2, 0.25) is 0 Å². The summed E-state index contributed by atoms with van der Waals surface area (Å²) in [7, 11) is 0. The van der Waals surface area contributed by atoms with Crippen molar-refractivity contribution in [1.82, 2.24) is 20.4 Å². The molecule has 1 N–H and O–H groups in total. The Hall–Kier alpha value is -3.40. The van der Waals surface area contributed by atoms with Crippen LogP contribution in [0.5, 0.6) is 0 Å². The molecule has 2 amide bonds. The molecule has 0 bridgehead atoms. The van der Waals surface area contributed by atoms with Gasteiger partial charge in [0.05, 0.1) is 18.0 Å². The van der Waals surface area contributed by atoms with Crippen molar-refractivity contribution in [2.24, 2.45) is 5.92 Å². The van der Waals surface area contributed by atoms with Crippen molar-refractivity contribution in [3.05, 3.63) is 58.3 Å². The minimum absolute atomic E-state index is 0.00135.